The van der Waals surface area contributed by atoms with Gasteiger partial charge in [-0.25, -0.2) is 9.97 Å². The van der Waals surface area contributed by atoms with Crippen molar-refractivity contribution in [2.45, 2.75) is 26.7 Å². The number of piperidine rings is 1. The zero-order valence-electron chi connectivity index (χ0n) is 12.5. The predicted octanol–water partition coefficient (Wildman–Crippen LogP) is 1.45. The maximum atomic E-state index is 5.93. The summed E-state index contributed by atoms with van der Waals surface area (Å²) in [7, 11) is 4.30. The monoisotopic (exact) mass is 263 g/mol. The summed E-state index contributed by atoms with van der Waals surface area (Å²) >= 11 is 0. The highest BCUT2D eigenvalue weighted by Gasteiger charge is 2.20. The van der Waals surface area contributed by atoms with E-state index in [2.05, 4.69) is 33.9 Å². The zero-order valence-corrected chi connectivity index (χ0v) is 12.5. The molecule has 2 heterocycles. The topological polar surface area (TPSA) is 58.3 Å². The molecule has 0 spiro atoms. The van der Waals surface area contributed by atoms with Crippen molar-refractivity contribution in [2.75, 3.05) is 44.4 Å². The van der Waals surface area contributed by atoms with Crippen LogP contribution in [-0.4, -0.2) is 48.6 Å². The van der Waals surface area contributed by atoms with Gasteiger partial charge in [-0.3, -0.25) is 0 Å². The lowest BCUT2D eigenvalue weighted by Crippen LogP contribution is -2.36. The van der Waals surface area contributed by atoms with Gasteiger partial charge in [-0.15, -0.1) is 0 Å². The van der Waals surface area contributed by atoms with Gasteiger partial charge in [-0.05, 0) is 52.7 Å². The van der Waals surface area contributed by atoms with E-state index < -0.39 is 0 Å². The van der Waals surface area contributed by atoms with E-state index in [0.717, 1.165) is 29.7 Å². The lowest BCUT2D eigenvalue weighted by molar-refractivity contribution is 0.222. The van der Waals surface area contributed by atoms with Crippen LogP contribution in [0.3, 0.4) is 0 Å². The molecule has 0 radical (unpaired) electrons. The minimum absolute atomic E-state index is 0.595. The number of nitrogens with zero attached hydrogens (tertiary/aromatic N) is 4. The number of hydrogen-bond donors (Lipinski definition) is 1. The van der Waals surface area contributed by atoms with Gasteiger partial charge in [0.15, 0.2) is 0 Å². The number of rotatable bonds is 3. The molecule has 1 aromatic heterocycles. The number of nitrogens with two attached hydrogens (primary N) is 1. The molecule has 0 saturated carbocycles. The molecule has 19 heavy (non-hydrogen) atoms. The van der Waals surface area contributed by atoms with Crippen molar-refractivity contribution in [3.63, 3.8) is 0 Å². The molecule has 1 fully saturated rings. The van der Waals surface area contributed by atoms with Crippen LogP contribution in [0.25, 0.3) is 0 Å². The molecule has 5 nitrogen and oxygen atoms in total. The first-order chi connectivity index (χ1) is 8.97. The number of likely N-dealkylation sites (tertiary alicyclic amines) is 1. The number of aryl methyl sites for hydroxylation is 1. The van der Waals surface area contributed by atoms with Crippen LogP contribution in [0.15, 0.2) is 0 Å². The number of nitrogen functional groups attached to an aromatic ring is 1. The Kier molecular flexibility index (Phi) is 4.24. The summed E-state index contributed by atoms with van der Waals surface area (Å²) in [6.07, 6.45) is 2.53. The fourth-order valence-electron chi connectivity index (χ4n) is 2.72. The van der Waals surface area contributed by atoms with Gasteiger partial charge in [0.2, 0.25) is 0 Å². The highest BCUT2D eigenvalue weighted by Crippen LogP contribution is 2.23. The van der Waals surface area contributed by atoms with Crippen molar-refractivity contribution in [3.05, 3.63) is 11.4 Å². The van der Waals surface area contributed by atoms with Gasteiger partial charge in [0.25, 0.3) is 0 Å². The maximum absolute atomic E-state index is 5.93. The molecule has 0 aliphatic carbocycles. The molecule has 5 heteroatoms. The number of hydrogen-bond acceptors (Lipinski definition) is 5. The van der Waals surface area contributed by atoms with Crippen LogP contribution in [-0.2, 0) is 0 Å². The fraction of sp³-hybridized carbons (Fsp3) is 0.714. The molecular weight excluding hydrogens is 238 g/mol. The van der Waals surface area contributed by atoms with Gasteiger partial charge in [0, 0.05) is 19.2 Å². The molecule has 1 aromatic rings. The lowest BCUT2D eigenvalue weighted by atomic mass is 9.96. The van der Waals surface area contributed by atoms with E-state index in [4.69, 9.17) is 5.73 Å². The molecule has 0 aromatic carbocycles. The molecule has 0 atom stereocenters. The molecule has 2 N–H and O–H groups in total. The molecule has 1 saturated heterocycles. The molecule has 2 rings (SSSR count). The number of anilines is 2. The van der Waals surface area contributed by atoms with Gasteiger partial charge in [-0.1, -0.05) is 0 Å². The summed E-state index contributed by atoms with van der Waals surface area (Å²) in [6, 6.07) is 0. The normalized spacial score (nSPS) is 17.7. The van der Waals surface area contributed by atoms with Crippen LogP contribution < -0.4 is 10.6 Å². The van der Waals surface area contributed by atoms with E-state index in [1.54, 1.807) is 0 Å². The predicted molar refractivity (Wildman–Crippen MR) is 79.4 cm³/mol. The highest BCUT2D eigenvalue weighted by atomic mass is 15.2. The second-order valence-corrected chi connectivity index (χ2v) is 5.73. The summed E-state index contributed by atoms with van der Waals surface area (Å²) in [5.74, 6) is 3.06. The van der Waals surface area contributed by atoms with Crippen molar-refractivity contribution in [1.29, 1.82) is 0 Å². The average molecular weight is 263 g/mol. The van der Waals surface area contributed by atoms with Crippen molar-refractivity contribution >= 4 is 11.6 Å². The highest BCUT2D eigenvalue weighted by molar-refractivity contribution is 5.56. The first-order valence-corrected chi connectivity index (χ1v) is 6.97. The van der Waals surface area contributed by atoms with Gasteiger partial charge < -0.3 is 15.5 Å². The third kappa shape index (κ3) is 3.35. The zero-order chi connectivity index (χ0) is 14.0. The SMILES string of the molecule is Cc1nc(N)c(C)c(N(C)CC2CCN(C)CC2)n1. The lowest BCUT2D eigenvalue weighted by Gasteiger charge is -2.32. The van der Waals surface area contributed by atoms with Gasteiger partial charge in [0.05, 0.1) is 0 Å². The summed E-state index contributed by atoms with van der Waals surface area (Å²) < 4.78 is 0. The fourth-order valence-corrected chi connectivity index (χ4v) is 2.72. The molecule has 106 valence electrons. The molecule has 0 bridgehead atoms. The van der Waals surface area contributed by atoms with Crippen LogP contribution in [0.4, 0.5) is 11.6 Å². The quantitative estimate of drug-likeness (QED) is 0.894. The van der Waals surface area contributed by atoms with E-state index in [1.807, 2.05) is 13.8 Å². The molecular formula is C14H25N5. The Balaban J connectivity index is 2.05. The molecule has 1 aliphatic heterocycles. The third-order valence-corrected chi connectivity index (χ3v) is 4.00. The first-order valence-electron chi connectivity index (χ1n) is 6.97. The Morgan fingerprint density at radius 1 is 1.26 bits per heavy atom. The Morgan fingerprint density at radius 2 is 1.89 bits per heavy atom. The summed E-state index contributed by atoms with van der Waals surface area (Å²) in [6.45, 7) is 7.33. The Hall–Kier alpha value is -1.36. The van der Waals surface area contributed by atoms with Gasteiger partial charge in [-0.2, -0.15) is 0 Å². The van der Waals surface area contributed by atoms with E-state index in [1.165, 1.54) is 25.9 Å². The van der Waals surface area contributed by atoms with Crippen molar-refractivity contribution < 1.29 is 0 Å². The van der Waals surface area contributed by atoms with Crippen molar-refractivity contribution in [3.8, 4) is 0 Å². The molecule has 0 unspecified atom stereocenters. The van der Waals surface area contributed by atoms with Gasteiger partial charge >= 0.3 is 0 Å². The Bertz CT molecular complexity index is 438. The largest absolute Gasteiger partial charge is 0.383 e. The minimum atomic E-state index is 0.595. The van der Waals surface area contributed by atoms with Crippen molar-refractivity contribution in [2.24, 2.45) is 5.92 Å². The van der Waals surface area contributed by atoms with Crippen LogP contribution >= 0.6 is 0 Å². The van der Waals surface area contributed by atoms with Crippen LogP contribution in [0.1, 0.15) is 24.2 Å². The van der Waals surface area contributed by atoms with Gasteiger partial charge in [0.1, 0.15) is 17.5 Å². The van der Waals surface area contributed by atoms with E-state index in [9.17, 15) is 0 Å². The maximum Gasteiger partial charge on any atom is 0.137 e. The van der Waals surface area contributed by atoms with Crippen LogP contribution in [0, 0.1) is 19.8 Å². The van der Waals surface area contributed by atoms with E-state index in [0.29, 0.717) is 5.82 Å². The van der Waals surface area contributed by atoms with Crippen molar-refractivity contribution in [1.82, 2.24) is 14.9 Å². The minimum Gasteiger partial charge on any atom is -0.383 e. The third-order valence-electron chi connectivity index (χ3n) is 4.00. The molecule has 0 amide bonds. The standard InChI is InChI=1S/C14H25N5/c1-10-13(15)16-11(2)17-14(10)19(4)9-12-5-7-18(3)8-6-12/h12H,5-9H2,1-4H3,(H2,15,16,17). The summed E-state index contributed by atoms with van der Waals surface area (Å²) in [5.41, 5.74) is 6.91. The second kappa shape index (κ2) is 5.74. The summed E-state index contributed by atoms with van der Waals surface area (Å²) in [4.78, 5) is 13.4. The van der Waals surface area contributed by atoms with Crippen LogP contribution in [0.2, 0.25) is 0 Å². The average Bonchev–Trinajstić information content (AvgIpc) is 2.36. The second-order valence-electron chi connectivity index (χ2n) is 5.73. The smallest absolute Gasteiger partial charge is 0.137 e. The van der Waals surface area contributed by atoms with E-state index in [-0.39, 0.29) is 0 Å². The van der Waals surface area contributed by atoms with Crippen LogP contribution in [0.5, 0.6) is 0 Å². The summed E-state index contributed by atoms with van der Waals surface area (Å²) in [5, 5.41) is 0. The first kappa shape index (κ1) is 14.1. The molecule has 1 aliphatic rings. The van der Waals surface area contributed by atoms with E-state index >= 15 is 0 Å². The Morgan fingerprint density at radius 3 is 2.53 bits per heavy atom. The Labute approximate surface area is 115 Å². The number of aromatic nitrogens is 2.